The summed E-state index contributed by atoms with van der Waals surface area (Å²) in [6.07, 6.45) is 1.71. The van der Waals surface area contributed by atoms with Crippen LogP contribution < -0.4 is 10.5 Å². The zero-order valence-corrected chi connectivity index (χ0v) is 11.1. The van der Waals surface area contributed by atoms with Crippen LogP contribution in [0.4, 0.5) is 0 Å². The summed E-state index contributed by atoms with van der Waals surface area (Å²) < 4.78 is 6.74. The predicted molar refractivity (Wildman–Crippen MR) is 71.1 cm³/mol. The molecule has 4 heteroatoms. The molecule has 3 nitrogen and oxygen atoms in total. The fourth-order valence-corrected chi connectivity index (χ4v) is 1.86. The molecular formula is C13H13BrN2O. The Labute approximate surface area is 109 Å². The maximum absolute atomic E-state index is 5.75. The molecule has 1 aromatic heterocycles. The molecule has 0 aliphatic rings. The van der Waals surface area contributed by atoms with Crippen molar-refractivity contribution in [3.05, 3.63) is 52.3 Å². The zero-order valence-electron chi connectivity index (χ0n) is 9.48. The van der Waals surface area contributed by atoms with E-state index in [1.807, 2.05) is 37.3 Å². The van der Waals surface area contributed by atoms with Crippen molar-refractivity contribution in [2.75, 3.05) is 0 Å². The Morgan fingerprint density at radius 2 is 2.12 bits per heavy atom. The number of nitrogens with two attached hydrogens (primary N) is 1. The minimum Gasteiger partial charge on any atom is -0.455 e. The third kappa shape index (κ3) is 3.05. The first-order valence-corrected chi connectivity index (χ1v) is 6.07. The summed E-state index contributed by atoms with van der Waals surface area (Å²) in [5.74, 6) is 1.48. The smallest absolute Gasteiger partial charge is 0.145 e. The molecule has 2 N–H and O–H groups in total. The molecule has 2 rings (SSSR count). The molecule has 1 heterocycles. The Kier molecular flexibility index (Phi) is 3.76. The predicted octanol–water partition coefficient (Wildman–Crippen LogP) is 3.40. The number of nitrogens with zero attached hydrogens (tertiary/aromatic N) is 1. The molecule has 0 spiro atoms. The summed E-state index contributed by atoms with van der Waals surface area (Å²) >= 11 is 3.41. The standard InChI is InChI=1S/C13H13BrN2O/c1-9-2-4-12(8-16-9)17-13-5-3-11(14)6-10(13)7-15/h2-6,8H,7,15H2,1H3. The average molecular weight is 293 g/mol. The van der Waals surface area contributed by atoms with Gasteiger partial charge in [-0.2, -0.15) is 0 Å². The van der Waals surface area contributed by atoms with Crippen molar-refractivity contribution in [3.8, 4) is 11.5 Å². The molecule has 0 radical (unpaired) electrons. The Morgan fingerprint density at radius 1 is 1.29 bits per heavy atom. The first kappa shape index (κ1) is 12.1. The number of hydrogen-bond acceptors (Lipinski definition) is 3. The number of aryl methyl sites for hydroxylation is 1. The second-order valence-electron chi connectivity index (χ2n) is 3.69. The summed E-state index contributed by atoms with van der Waals surface area (Å²) in [6.45, 7) is 2.38. The SMILES string of the molecule is Cc1ccc(Oc2ccc(Br)cc2CN)cn1. The average Bonchev–Trinajstić information content (AvgIpc) is 2.34. The first-order chi connectivity index (χ1) is 8.19. The molecular weight excluding hydrogens is 280 g/mol. The van der Waals surface area contributed by atoms with Crippen LogP contribution in [0.1, 0.15) is 11.3 Å². The molecule has 0 aliphatic heterocycles. The van der Waals surface area contributed by atoms with E-state index in [-0.39, 0.29) is 0 Å². The van der Waals surface area contributed by atoms with E-state index in [0.29, 0.717) is 12.3 Å². The Balaban J connectivity index is 2.26. The van der Waals surface area contributed by atoms with E-state index < -0.39 is 0 Å². The first-order valence-electron chi connectivity index (χ1n) is 5.28. The third-order valence-electron chi connectivity index (χ3n) is 2.35. The highest BCUT2D eigenvalue weighted by atomic mass is 79.9. The molecule has 0 atom stereocenters. The van der Waals surface area contributed by atoms with Gasteiger partial charge in [-0.25, -0.2) is 0 Å². The van der Waals surface area contributed by atoms with E-state index >= 15 is 0 Å². The van der Waals surface area contributed by atoms with Gasteiger partial charge >= 0.3 is 0 Å². The lowest BCUT2D eigenvalue weighted by Gasteiger charge is -2.10. The van der Waals surface area contributed by atoms with Gasteiger partial charge in [-0.1, -0.05) is 15.9 Å². The van der Waals surface area contributed by atoms with Crippen LogP contribution in [0.25, 0.3) is 0 Å². The summed E-state index contributed by atoms with van der Waals surface area (Å²) in [5, 5.41) is 0. The van der Waals surface area contributed by atoms with Gasteiger partial charge in [-0.3, -0.25) is 4.98 Å². The lowest BCUT2D eigenvalue weighted by Crippen LogP contribution is -1.99. The van der Waals surface area contributed by atoms with E-state index in [2.05, 4.69) is 20.9 Å². The highest BCUT2D eigenvalue weighted by Crippen LogP contribution is 2.27. The molecule has 0 saturated heterocycles. The summed E-state index contributed by atoms with van der Waals surface area (Å²) in [5.41, 5.74) is 7.60. The summed E-state index contributed by atoms with van der Waals surface area (Å²) in [7, 11) is 0. The zero-order chi connectivity index (χ0) is 12.3. The van der Waals surface area contributed by atoms with Gasteiger partial charge in [0, 0.05) is 22.3 Å². The quantitative estimate of drug-likeness (QED) is 0.943. The topological polar surface area (TPSA) is 48.1 Å². The molecule has 0 fully saturated rings. The van der Waals surface area contributed by atoms with Crippen LogP contribution in [-0.2, 0) is 6.54 Å². The molecule has 0 amide bonds. The van der Waals surface area contributed by atoms with Crippen LogP contribution in [-0.4, -0.2) is 4.98 Å². The van der Waals surface area contributed by atoms with Crippen molar-refractivity contribution in [3.63, 3.8) is 0 Å². The molecule has 0 unspecified atom stereocenters. The Hall–Kier alpha value is -1.39. The lowest BCUT2D eigenvalue weighted by molar-refractivity contribution is 0.473. The number of hydrogen-bond donors (Lipinski definition) is 1. The third-order valence-corrected chi connectivity index (χ3v) is 2.85. The number of rotatable bonds is 3. The van der Waals surface area contributed by atoms with Gasteiger partial charge in [0.1, 0.15) is 11.5 Å². The van der Waals surface area contributed by atoms with Crippen LogP contribution in [0, 0.1) is 6.92 Å². The van der Waals surface area contributed by atoms with E-state index in [1.165, 1.54) is 0 Å². The van der Waals surface area contributed by atoms with Gasteiger partial charge < -0.3 is 10.5 Å². The highest BCUT2D eigenvalue weighted by Gasteiger charge is 2.04. The lowest BCUT2D eigenvalue weighted by atomic mass is 10.2. The maximum atomic E-state index is 5.75. The monoisotopic (exact) mass is 292 g/mol. The van der Waals surface area contributed by atoms with Crippen molar-refractivity contribution < 1.29 is 4.74 Å². The Bertz CT molecular complexity index is 511. The van der Waals surface area contributed by atoms with Crippen LogP contribution in [0.15, 0.2) is 41.0 Å². The van der Waals surface area contributed by atoms with Crippen LogP contribution >= 0.6 is 15.9 Å². The van der Waals surface area contributed by atoms with Gasteiger partial charge in [0.25, 0.3) is 0 Å². The normalized spacial score (nSPS) is 10.3. The van der Waals surface area contributed by atoms with Crippen LogP contribution in [0.3, 0.4) is 0 Å². The van der Waals surface area contributed by atoms with Gasteiger partial charge in [0.2, 0.25) is 0 Å². The fraction of sp³-hybridized carbons (Fsp3) is 0.154. The summed E-state index contributed by atoms with van der Waals surface area (Å²) in [4.78, 5) is 4.18. The maximum Gasteiger partial charge on any atom is 0.145 e. The number of halogens is 1. The number of benzene rings is 1. The molecule has 0 aliphatic carbocycles. The highest BCUT2D eigenvalue weighted by molar-refractivity contribution is 9.10. The second-order valence-corrected chi connectivity index (χ2v) is 4.61. The van der Waals surface area contributed by atoms with Crippen molar-refractivity contribution in [1.82, 2.24) is 4.98 Å². The van der Waals surface area contributed by atoms with E-state index in [0.717, 1.165) is 21.5 Å². The molecule has 17 heavy (non-hydrogen) atoms. The molecule has 2 aromatic rings. The van der Waals surface area contributed by atoms with E-state index in [4.69, 9.17) is 10.5 Å². The number of aromatic nitrogens is 1. The number of ether oxygens (including phenoxy) is 1. The largest absolute Gasteiger partial charge is 0.455 e. The van der Waals surface area contributed by atoms with Gasteiger partial charge in [0.05, 0.1) is 6.20 Å². The van der Waals surface area contributed by atoms with Crippen molar-refractivity contribution >= 4 is 15.9 Å². The van der Waals surface area contributed by atoms with Crippen molar-refractivity contribution in [2.24, 2.45) is 5.73 Å². The summed E-state index contributed by atoms with van der Waals surface area (Å²) in [6, 6.07) is 9.58. The minimum atomic E-state index is 0.439. The van der Waals surface area contributed by atoms with Crippen molar-refractivity contribution in [1.29, 1.82) is 0 Å². The number of pyridine rings is 1. The Morgan fingerprint density at radius 3 is 2.76 bits per heavy atom. The van der Waals surface area contributed by atoms with Gasteiger partial charge in [0.15, 0.2) is 0 Å². The molecule has 0 bridgehead atoms. The van der Waals surface area contributed by atoms with Crippen molar-refractivity contribution in [2.45, 2.75) is 13.5 Å². The van der Waals surface area contributed by atoms with Crippen LogP contribution in [0.2, 0.25) is 0 Å². The van der Waals surface area contributed by atoms with Gasteiger partial charge in [-0.15, -0.1) is 0 Å². The molecule has 0 saturated carbocycles. The molecule has 1 aromatic carbocycles. The molecule has 88 valence electrons. The minimum absolute atomic E-state index is 0.439. The van der Waals surface area contributed by atoms with E-state index in [9.17, 15) is 0 Å². The fourth-order valence-electron chi connectivity index (χ4n) is 1.45. The second kappa shape index (κ2) is 5.29. The van der Waals surface area contributed by atoms with Gasteiger partial charge in [-0.05, 0) is 37.3 Å². The van der Waals surface area contributed by atoms with E-state index in [1.54, 1.807) is 6.20 Å². The van der Waals surface area contributed by atoms with Crippen LogP contribution in [0.5, 0.6) is 11.5 Å².